The van der Waals surface area contributed by atoms with Gasteiger partial charge in [0.15, 0.2) is 8.32 Å². The Balaban J connectivity index is 1.46. The van der Waals surface area contributed by atoms with Gasteiger partial charge in [-0.25, -0.2) is 0 Å². The van der Waals surface area contributed by atoms with E-state index in [4.69, 9.17) is 4.43 Å². The highest BCUT2D eigenvalue weighted by Crippen LogP contribution is 2.68. The Morgan fingerprint density at radius 1 is 0.812 bits per heavy atom. The maximum absolute atomic E-state index is 6.72. The zero-order valence-corrected chi connectivity index (χ0v) is 24.0. The maximum atomic E-state index is 6.72. The Hall–Kier alpha value is 0.177. The van der Waals surface area contributed by atoms with Gasteiger partial charge in [-0.05, 0) is 130 Å². The van der Waals surface area contributed by atoms with Crippen molar-refractivity contribution < 1.29 is 4.43 Å². The van der Waals surface area contributed by atoms with Gasteiger partial charge in [0.1, 0.15) is 0 Å². The lowest BCUT2D eigenvalue weighted by atomic mass is 9.44. The molecule has 32 heavy (non-hydrogen) atoms. The van der Waals surface area contributed by atoms with Crippen LogP contribution in [-0.2, 0) is 4.43 Å². The maximum Gasteiger partial charge on any atom is 0.184 e. The predicted octanol–water partition coefficient (Wildman–Crippen LogP) is 9.33. The molecule has 4 rings (SSSR count). The highest BCUT2D eigenvalue weighted by atomic mass is 28.4. The van der Waals surface area contributed by atoms with Crippen LogP contribution in [0.25, 0.3) is 0 Å². The molecule has 0 unspecified atom stereocenters. The molecule has 4 fully saturated rings. The van der Waals surface area contributed by atoms with Gasteiger partial charge in [0.25, 0.3) is 0 Å². The van der Waals surface area contributed by atoms with Gasteiger partial charge in [0.05, 0.1) is 0 Å². The first-order chi connectivity index (χ1) is 14.9. The zero-order chi connectivity index (χ0) is 23.3. The lowest BCUT2D eigenvalue weighted by molar-refractivity contribution is -0.130. The molecule has 0 aromatic heterocycles. The van der Waals surface area contributed by atoms with Crippen molar-refractivity contribution in [2.45, 2.75) is 137 Å². The van der Waals surface area contributed by atoms with E-state index in [1.54, 1.807) is 6.42 Å². The van der Waals surface area contributed by atoms with E-state index in [2.05, 4.69) is 54.3 Å². The van der Waals surface area contributed by atoms with Crippen LogP contribution in [0.5, 0.6) is 0 Å². The highest BCUT2D eigenvalue weighted by molar-refractivity contribution is 6.69. The predicted molar refractivity (Wildman–Crippen MR) is 141 cm³/mol. The quantitative estimate of drug-likeness (QED) is 0.344. The molecule has 0 aromatic rings. The molecule has 0 amide bonds. The molecule has 9 atom stereocenters. The van der Waals surface area contributed by atoms with Gasteiger partial charge >= 0.3 is 0 Å². The summed E-state index contributed by atoms with van der Waals surface area (Å²) in [5.41, 5.74) is 1.18. The van der Waals surface area contributed by atoms with Gasteiger partial charge in [-0.1, -0.05) is 53.9 Å². The number of hydrogen-bond donors (Lipinski definition) is 0. The van der Waals surface area contributed by atoms with Gasteiger partial charge in [-0.2, -0.15) is 0 Å². The Kier molecular flexibility index (Phi) is 7.37. The second-order valence-electron chi connectivity index (χ2n) is 14.8. The third-order valence-corrected chi connectivity index (χ3v) is 12.3. The fourth-order valence-corrected chi connectivity index (χ4v) is 11.1. The molecule has 4 saturated carbocycles. The molecule has 2 heteroatoms. The molecular weight excluding hydrogens is 404 g/mol. The minimum Gasteiger partial charge on any atom is -0.415 e. The average molecular weight is 461 g/mol. The van der Waals surface area contributed by atoms with E-state index < -0.39 is 8.32 Å². The van der Waals surface area contributed by atoms with Crippen LogP contribution < -0.4 is 0 Å². The highest BCUT2D eigenvalue weighted by Gasteiger charge is 2.60. The summed E-state index contributed by atoms with van der Waals surface area (Å²) in [6, 6.07) is 0. The van der Waals surface area contributed by atoms with E-state index in [-0.39, 0.29) is 0 Å². The molecule has 4 aliphatic rings. The summed E-state index contributed by atoms with van der Waals surface area (Å²) >= 11 is 0. The molecule has 0 aliphatic heterocycles. The second kappa shape index (κ2) is 9.33. The SMILES string of the molecule is CC(C)CCC[C@@H](C)[C@H]1CC[C@H]2[C@@H]3CC[C@H]4CC[C@H](O[Si](C)(C)C)C[C@]4(C)[C@H]3CC[C@]12C. The molecule has 0 radical (unpaired) electrons. The molecule has 1 nitrogen and oxygen atoms in total. The molecular formula is C30H56OSi. The summed E-state index contributed by atoms with van der Waals surface area (Å²) < 4.78 is 6.72. The second-order valence-corrected chi connectivity index (χ2v) is 19.3. The number of fused-ring (bicyclic) bond motifs is 5. The first-order valence-electron chi connectivity index (χ1n) is 14.6. The Morgan fingerprint density at radius 2 is 1.50 bits per heavy atom. The minimum absolute atomic E-state index is 0.548. The van der Waals surface area contributed by atoms with Crippen LogP contribution >= 0.6 is 0 Å². The third kappa shape index (κ3) is 4.80. The summed E-state index contributed by atoms with van der Waals surface area (Å²) in [6.45, 7) is 20.0. The Morgan fingerprint density at radius 3 is 2.19 bits per heavy atom. The molecule has 0 aromatic carbocycles. The fraction of sp³-hybridized carbons (Fsp3) is 1.00. The summed E-state index contributed by atoms with van der Waals surface area (Å²) in [7, 11) is -1.45. The standard InChI is InChI=1S/C30H56OSi/c1-21(2)10-9-11-22(3)26-16-17-27-25-15-13-23-12-14-24(31-32(6,7)8)20-30(23,5)28(25)18-19-29(26,27)4/h21-28H,9-20H2,1-8H3/t22-,23-,24+,25+,26-,27+,28+,29-,30+/m1/s1. The summed E-state index contributed by atoms with van der Waals surface area (Å²) in [6.07, 6.45) is 18.1. The van der Waals surface area contributed by atoms with E-state index in [1.165, 1.54) is 70.6 Å². The fourth-order valence-electron chi connectivity index (χ4n) is 9.93. The van der Waals surface area contributed by atoms with Gasteiger partial charge in [0.2, 0.25) is 0 Å². The number of rotatable bonds is 7. The molecule has 0 N–H and O–H groups in total. The molecule has 0 bridgehead atoms. The molecule has 0 spiro atoms. The minimum atomic E-state index is -1.45. The average Bonchev–Trinajstić information content (AvgIpc) is 3.03. The molecule has 0 heterocycles. The first kappa shape index (κ1) is 25.3. The van der Waals surface area contributed by atoms with Crippen molar-refractivity contribution in [1.82, 2.24) is 0 Å². The van der Waals surface area contributed by atoms with Crippen molar-refractivity contribution in [3.63, 3.8) is 0 Å². The van der Waals surface area contributed by atoms with Gasteiger partial charge < -0.3 is 4.43 Å². The summed E-state index contributed by atoms with van der Waals surface area (Å²) in [4.78, 5) is 0. The number of hydrogen-bond acceptors (Lipinski definition) is 1. The van der Waals surface area contributed by atoms with Gasteiger partial charge in [0, 0.05) is 6.10 Å². The molecule has 186 valence electrons. The Bertz CT molecular complexity index is 637. The van der Waals surface area contributed by atoms with Crippen molar-refractivity contribution in [2.75, 3.05) is 0 Å². The van der Waals surface area contributed by atoms with Gasteiger partial charge in [-0.15, -0.1) is 0 Å². The van der Waals surface area contributed by atoms with Crippen molar-refractivity contribution >= 4 is 8.32 Å². The van der Waals surface area contributed by atoms with Gasteiger partial charge in [-0.3, -0.25) is 0 Å². The summed E-state index contributed by atoms with van der Waals surface area (Å²) in [5, 5.41) is 0. The van der Waals surface area contributed by atoms with Crippen LogP contribution in [0.1, 0.15) is 112 Å². The van der Waals surface area contributed by atoms with E-state index in [1.807, 2.05) is 0 Å². The van der Waals surface area contributed by atoms with Crippen LogP contribution in [0.2, 0.25) is 19.6 Å². The normalized spacial score (nSPS) is 45.3. The van der Waals surface area contributed by atoms with Crippen LogP contribution in [0.15, 0.2) is 0 Å². The van der Waals surface area contributed by atoms with E-state index >= 15 is 0 Å². The lowest BCUT2D eigenvalue weighted by Gasteiger charge is -2.61. The molecule has 0 saturated heterocycles. The smallest absolute Gasteiger partial charge is 0.184 e. The third-order valence-electron chi connectivity index (χ3n) is 11.3. The zero-order valence-electron chi connectivity index (χ0n) is 23.0. The molecule has 4 aliphatic carbocycles. The van der Waals surface area contributed by atoms with Crippen LogP contribution in [-0.4, -0.2) is 14.4 Å². The van der Waals surface area contributed by atoms with E-state index in [9.17, 15) is 0 Å². The van der Waals surface area contributed by atoms with E-state index in [0.29, 0.717) is 16.9 Å². The Labute approximate surface area is 202 Å². The monoisotopic (exact) mass is 460 g/mol. The van der Waals surface area contributed by atoms with Crippen LogP contribution in [0.3, 0.4) is 0 Å². The summed E-state index contributed by atoms with van der Waals surface area (Å²) in [5.74, 6) is 6.74. The van der Waals surface area contributed by atoms with Crippen molar-refractivity contribution in [2.24, 2.45) is 52.3 Å². The first-order valence-corrected chi connectivity index (χ1v) is 18.0. The topological polar surface area (TPSA) is 9.23 Å². The largest absolute Gasteiger partial charge is 0.415 e. The van der Waals surface area contributed by atoms with Crippen molar-refractivity contribution in [3.8, 4) is 0 Å². The van der Waals surface area contributed by atoms with E-state index in [0.717, 1.165) is 41.4 Å². The van der Waals surface area contributed by atoms with Crippen molar-refractivity contribution in [1.29, 1.82) is 0 Å². The van der Waals surface area contributed by atoms with Crippen LogP contribution in [0, 0.1) is 52.3 Å². The van der Waals surface area contributed by atoms with Crippen LogP contribution in [0.4, 0.5) is 0 Å². The lowest BCUT2D eigenvalue weighted by Crippen LogP contribution is -2.55. The van der Waals surface area contributed by atoms with Crippen molar-refractivity contribution in [3.05, 3.63) is 0 Å².